The van der Waals surface area contributed by atoms with Crippen LogP contribution in [0, 0.1) is 0 Å². The molecule has 2 bridgehead atoms. The van der Waals surface area contributed by atoms with Crippen molar-refractivity contribution in [2.45, 2.75) is 25.0 Å². The van der Waals surface area contributed by atoms with Gasteiger partial charge in [0.15, 0.2) is 5.60 Å². The van der Waals surface area contributed by atoms with E-state index in [1.165, 1.54) is 0 Å². The molecule has 0 aromatic rings. The maximum atomic E-state index is 11.4. The van der Waals surface area contributed by atoms with E-state index in [1.807, 2.05) is 6.92 Å². The van der Waals surface area contributed by atoms with Crippen molar-refractivity contribution in [1.82, 2.24) is 5.32 Å². The molecule has 4 nitrogen and oxygen atoms in total. The highest BCUT2D eigenvalue weighted by atomic mass is 16.6. The summed E-state index contributed by atoms with van der Waals surface area (Å²) >= 11 is 0. The molecular formula is C8H13NO3. The lowest BCUT2D eigenvalue weighted by Crippen LogP contribution is -2.46. The Morgan fingerprint density at radius 2 is 2.67 bits per heavy atom. The molecule has 2 atom stereocenters. The van der Waals surface area contributed by atoms with Gasteiger partial charge in [-0.15, -0.1) is 0 Å². The zero-order valence-corrected chi connectivity index (χ0v) is 7.13. The molecule has 0 spiro atoms. The van der Waals surface area contributed by atoms with E-state index in [0.29, 0.717) is 25.8 Å². The molecule has 1 N–H and O–H groups in total. The summed E-state index contributed by atoms with van der Waals surface area (Å²) in [5, 5.41) is 3.21. The van der Waals surface area contributed by atoms with Gasteiger partial charge in [0.1, 0.15) is 0 Å². The molecular weight excluding hydrogens is 158 g/mol. The van der Waals surface area contributed by atoms with Gasteiger partial charge in [0.2, 0.25) is 0 Å². The van der Waals surface area contributed by atoms with E-state index >= 15 is 0 Å². The number of fused-ring (bicyclic) bond motifs is 2. The number of hydrogen-bond acceptors (Lipinski definition) is 4. The monoisotopic (exact) mass is 171 g/mol. The second kappa shape index (κ2) is 2.71. The van der Waals surface area contributed by atoms with E-state index in [4.69, 9.17) is 9.47 Å². The molecule has 2 rings (SSSR count). The second-order valence-corrected chi connectivity index (χ2v) is 3.31. The molecule has 2 saturated heterocycles. The maximum Gasteiger partial charge on any atom is 0.339 e. The van der Waals surface area contributed by atoms with Crippen molar-refractivity contribution < 1.29 is 14.3 Å². The van der Waals surface area contributed by atoms with E-state index in [-0.39, 0.29) is 5.97 Å². The number of carbonyl (C=O) groups is 1. The van der Waals surface area contributed by atoms with Gasteiger partial charge >= 0.3 is 5.97 Å². The Morgan fingerprint density at radius 3 is 3.08 bits per heavy atom. The van der Waals surface area contributed by atoms with E-state index in [9.17, 15) is 4.79 Å². The third-order valence-corrected chi connectivity index (χ3v) is 2.46. The fourth-order valence-corrected chi connectivity index (χ4v) is 1.82. The average molecular weight is 171 g/mol. The van der Waals surface area contributed by atoms with Gasteiger partial charge in [0, 0.05) is 19.0 Å². The van der Waals surface area contributed by atoms with Crippen LogP contribution in [0.1, 0.15) is 13.3 Å². The summed E-state index contributed by atoms with van der Waals surface area (Å²) in [5.74, 6) is -0.211. The zero-order valence-electron chi connectivity index (χ0n) is 7.13. The number of esters is 1. The normalized spacial score (nSPS) is 38.6. The molecule has 0 amide bonds. The molecule has 0 unspecified atom stereocenters. The molecule has 68 valence electrons. The Bertz CT molecular complexity index is 196. The highest BCUT2D eigenvalue weighted by Crippen LogP contribution is 2.32. The zero-order chi connectivity index (χ0) is 8.60. The SMILES string of the molecule is CCOC(=O)[C@@]12CN[C@@H](CO1)C2. The van der Waals surface area contributed by atoms with Crippen LogP contribution in [0.3, 0.4) is 0 Å². The van der Waals surface area contributed by atoms with Crippen LogP contribution in [0.15, 0.2) is 0 Å². The molecule has 0 radical (unpaired) electrons. The molecule has 4 heteroatoms. The molecule has 0 aromatic heterocycles. The van der Waals surface area contributed by atoms with Gasteiger partial charge in [0.05, 0.1) is 13.2 Å². The third-order valence-electron chi connectivity index (χ3n) is 2.46. The van der Waals surface area contributed by atoms with Gasteiger partial charge < -0.3 is 14.8 Å². The van der Waals surface area contributed by atoms with Crippen LogP contribution in [0.5, 0.6) is 0 Å². The lowest BCUT2D eigenvalue weighted by atomic mass is 10.0. The van der Waals surface area contributed by atoms with E-state index < -0.39 is 5.60 Å². The summed E-state index contributed by atoms with van der Waals surface area (Å²) in [5.41, 5.74) is -0.652. The first-order valence-electron chi connectivity index (χ1n) is 4.31. The van der Waals surface area contributed by atoms with Crippen LogP contribution in [-0.2, 0) is 14.3 Å². The topological polar surface area (TPSA) is 47.6 Å². The largest absolute Gasteiger partial charge is 0.464 e. The first kappa shape index (κ1) is 8.01. The molecule has 0 aromatic carbocycles. The summed E-state index contributed by atoms with van der Waals surface area (Å²) in [6.07, 6.45) is 0.770. The highest BCUT2D eigenvalue weighted by Gasteiger charge is 2.52. The Morgan fingerprint density at radius 1 is 1.83 bits per heavy atom. The van der Waals surface area contributed by atoms with Crippen LogP contribution < -0.4 is 5.32 Å². The first-order chi connectivity index (χ1) is 5.77. The molecule has 2 aliphatic heterocycles. The predicted octanol–water partition coefficient (Wildman–Crippen LogP) is -0.320. The minimum Gasteiger partial charge on any atom is -0.464 e. The number of ether oxygens (including phenoxy) is 2. The van der Waals surface area contributed by atoms with Crippen molar-refractivity contribution in [2.24, 2.45) is 0 Å². The van der Waals surface area contributed by atoms with Crippen LogP contribution in [-0.4, -0.2) is 37.4 Å². The summed E-state index contributed by atoms with van der Waals surface area (Å²) in [7, 11) is 0. The summed E-state index contributed by atoms with van der Waals surface area (Å²) < 4.78 is 10.4. The molecule has 2 fully saturated rings. The smallest absolute Gasteiger partial charge is 0.339 e. The maximum absolute atomic E-state index is 11.4. The van der Waals surface area contributed by atoms with Gasteiger partial charge in [-0.1, -0.05) is 0 Å². The summed E-state index contributed by atoms with van der Waals surface area (Å²) in [4.78, 5) is 11.4. The fraction of sp³-hybridized carbons (Fsp3) is 0.875. The Balaban J connectivity index is 2.06. The minimum atomic E-state index is -0.652. The lowest BCUT2D eigenvalue weighted by molar-refractivity contribution is -0.166. The second-order valence-electron chi connectivity index (χ2n) is 3.31. The van der Waals surface area contributed by atoms with Crippen molar-refractivity contribution in [3.63, 3.8) is 0 Å². The summed E-state index contributed by atoms with van der Waals surface area (Å²) in [6.45, 7) is 3.48. The molecule has 0 aliphatic carbocycles. The van der Waals surface area contributed by atoms with Gasteiger partial charge in [-0.2, -0.15) is 0 Å². The van der Waals surface area contributed by atoms with Crippen LogP contribution in [0.4, 0.5) is 0 Å². The predicted molar refractivity (Wildman–Crippen MR) is 41.7 cm³/mol. The van der Waals surface area contributed by atoms with Crippen LogP contribution in [0.25, 0.3) is 0 Å². The van der Waals surface area contributed by atoms with Crippen LogP contribution >= 0.6 is 0 Å². The Hall–Kier alpha value is -0.610. The quantitative estimate of drug-likeness (QED) is 0.578. The number of hydrogen-bond donors (Lipinski definition) is 1. The van der Waals surface area contributed by atoms with Gasteiger partial charge in [-0.3, -0.25) is 0 Å². The fourth-order valence-electron chi connectivity index (χ4n) is 1.82. The van der Waals surface area contributed by atoms with E-state index in [2.05, 4.69) is 5.32 Å². The van der Waals surface area contributed by atoms with Crippen molar-refractivity contribution in [3.8, 4) is 0 Å². The molecule has 0 saturated carbocycles. The molecule has 2 heterocycles. The highest BCUT2D eigenvalue weighted by molar-refractivity contribution is 5.81. The average Bonchev–Trinajstić information content (AvgIpc) is 2.64. The molecule has 12 heavy (non-hydrogen) atoms. The summed E-state index contributed by atoms with van der Waals surface area (Å²) in [6, 6.07) is 0.356. The van der Waals surface area contributed by atoms with Gasteiger partial charge in [0.25, 0.3) is 0 Å². The van der Waals surface area contributed by atoms with Crippen molar-refractivity contribution in [2.75, 3.05) is 19.8 Å². The van der Waals surface area contributed by atoms with Gasteiger partial charge in [-0.25, -0.2) is 4.79 Å². The Labute approximate surface area is 71.2 Å². The van der Waals surface area contributed by atoms with E-state index in [0.717, 1.165) is 6.42 Å². The standard InChI is InChI=1S/C8H13NO3/c1-2-11-7(10)8-3-6(4-12-8)9-5-8/h6,9H,2-5H2,1H3/t6-,8-/m1/s1. The number of nitrogens with one attached hydrogen (secondary N) is 1. The Kier molecular flexibility index (Phi) is 1.81. The number of carbonyl (C=O) groups excluding carboxylic acids is 1. The minimum absolute atomic E-state index is 0.211. The number of morpholine rings is 1. The number of rotatable bonds is 2. The first-order valence-corrected chi connectivity index (χ1v) is 4.31. The van der Waals surface area contributed by atoms with Crippen molar-refractivity contribution in [3.05, 3.63) is 0 Å². The van der Waals surface area contributed by atoms with E-state index in [1.54, 1.807) is 0 Å². The van der Waals surface area contributed by atoms with Crippen molar-refractivity contribution in [1.29, 1.82) is 0 Å². The van der Waals surface area contributed by atoms with Crippen LogP contribution in [0.2, 0.25) is 0 Å². The van der Waals surface area contributed by atoms with Crippen molar-refractivity contribution >= 4 is 5.97 Å². The molecule has 2 aliphatic rings. The van der Waals surface area contributed by atoms with Gasteiger partial charge in [-0.05, 0) is 6.92 Å². The lowest BCUT2D eigenvalue weighted by Gasteiger charge is -2.23. The third kappa shape index (κ3) is 1.03.